The van der Waals surface area contributed by atoms with Crippen LogP contribution in [0.25, 0.3) is 11.5 Å². The second-order valence-electron chi connectivity index (χ2n) is 2.13. The molecule has 0 amide bonds. The lowest BCUT2D eigenvalue weighted by Crippen LogP contribution is -1.78. The van der Waals surface area contributed by atoms with E-state index < -0.39 is 0 Å². The van der Waals surface area contributed by atoms with Gasteiger partial charge in [0.05, 0.1) is 0 Å². The number of hydrogen-bond donors (Lipinski definition) is 1. The Hall–Kier alpha value is -1.65. The molecule has 5 heteroatoms. The highest BCUT2D eigenvalue weighted by atomic mass is 16.5. The van der Waals surface area contributed by atoms with Gasteiger partial charge in [0.25, 0.3) is 0 Å². The Morgan fingerprint density at radius 2 is 2.45 bits per heavy atom. The molecule has 0 aliphatic carbocycles. The maximum Gasteiger partial charge on any atom is 0.203 e. The van der Waals surface area contributed by atoms with Crippen molar-refractivity contribution in [2.24, 2.45) is 0 Å². The summed E-state index contributed by atoms with van der Waals surface area (Å²) in [7, 11) is 0. The van der Waals surface area contributed by atoms with E-state index in [-0.39, 0.29) is 0 Å². The zero-order chi connectivity index (χ0) is 7.68. The Morgan fingerprint density at radius 3 is 3.00 bits per heavy atom. The van der Waals surface area contributed by atoms with Crippen LogP contribution in [0.15, 0.2) is 16.9 Å². The second-order valence-corrected chi connectivity index (χ2v) is 2.13. The molecule has 2 aromatic heterocycles. The molecular formula is C6H6N4O. The van der Waals surface area contributed by atoms with Crippen LogP contribution in [0.5, 0.6) is 0 Å². The van der Waals surface area contributed by atoms with E-state index in [1.807, 2.05) is 6.92 Å². The van der Waals surface area contributed by atoms with Gasteiger partial charge in [-0.15, -0.1) is 0 Å². The first-order valence-corrected chi connectivity index (χ1v) is 3.16. The van der Waals surface area contributed by atoms with Gasteiger partial charge in [0.15, 0.2) is 5.69 Å². The molecule has 0 aliphatic rings. The molecule has 0 unspecified atom stereocenters. The van der Waals surface area contributed by atoms with Gasteiger partial charge in [-0.2, -0.15) is 5.10 Å². The lowest BCUT2D eigenvalue weighted by molar-refractivity contribution is 0.422. The van der Waals surface area contributed by atoms with Crippen molar-refractivity contribution in [3.8, 4) is 11.5 Å². The predicted octanol–water partition coefficient (Wildman–Crippen LogP) is 0.768. The van der Waals surface area contributed by atoms with Crippen molar-refractivity contribution in [3.05, 3.63) is 18.2 Å². The Bertz CT molecular complexity index is 337. The van der Waals surface area contributed by atoms with Gasteiger partial charge in [-0.25, -0.2) is 4.98 Å². The molecule has 0 bridgehead atoms. The summed E-state index contributed by atoms with van der Waals surface area (Å²) in [6.07, 6.45) is 1.49. The summed E-state index contributed by atoms with van der Waals surface area (Å²) < 4.78 is 4.63. The third-order valence-electron chi connectivity index (χ3n) is 1.26. The number of rotatable bonds is 1. The average Bonchev–Trinajstić information content (AvgIpc) is 2.55. The smallest absolute Gasteiger partial charge is 0.203 e. The van der Waals surface area contributed by atoms with Crippen molar-refractivity contribution in [2.45, 2.75) is 6.92 Å². The predicted molar refractivity (Wildman–Crippen MR) is 36.6 cm³/mol. The minimum absolute atomic E-state index is 0.566. The number of aromatic nitrogens is 4. The normalized spacial score (nSPS) is 10.3. The molecule has 2 aromatic rings. The SMILES string of the molecule is Cc1nc(-c2ccon2)n[nH]1. The summed E-state index contributed by atoms with van der Waals surface area (Å²) >= 11 is 0. The zero-order valence-electron chi connectivity index (χ0n) is 5.90. The van der Waals surface area contributed by atoms with E-state index >= 15 is 0 Å². The first-order valence-electron chi connectivity index (χ1n) is 3.16. The Kier molecular flexibility index (Phi) is 1.21. The van der Waals surface area contributed by atoms with E-state index in [4.69, 9.17) is 0 Å². The van der Waals surface area contributed by atoms with Gasteiger partial charge in [0, 0.05) is 6.07 Å². The standard InChI is InChI=1S/C6H6N4O/c1-4-7-6(9-8-4)5-2-3-11-10-5/h2-3H,1H3,(H,7,8,9). The van der Waals surface area contributed by atoms with Gasteiger partial charge in [0.2, 0.25) is 5.82 Å². The van der Waals surface area contributed by atoms with Gasteiger partial charge >= 0.3 is 0 Å². The Labute approximate surface area is 62.4 Å². The first kappa shape index (κ1) is 6.09. The second kappa shape index (κ2) is 2.19. The molecule has 2 rings (SSSR count). The molecule has 0 atom stereocenters. The Balaban J connectivity index is 2.45. The summed E-state index contributed by atoms with van der Waals surface area (Å²) in [5.41, 5.74) is 0.648. The highest BCUT2D eigenvalue weighted by Crippen LogP contribution is 2.09. The van der Waals surface area contributed by atoms with Crippen molar-refractivity contribution < 1.29 is 4.52 Å². The third kappa shape index (κ3) is 1.000. The molecule has 5 nitrogen and oxygen atoms in total. The molecular weight excluding hydrogens is 144 g/mol. The van der Waals surface area contributed by atoms with E-state index in [1.54, 1.807) is 6.07 Å². The molecule has 56 valence electrons. The van der Waals surface area contributed by atoms with Crippen LogP contribution < -0.4 is 0 Å². The van der Waals surface area contributed by atoms with Crippen molar-refractivity contribution in [1.82, 2.24) is 20.3 Å². The topological polar surface area (TPSA) is 67.6 Å². The fraction of sp³-hybridized carbons (Fsp3) is 0.167. The molecule has 11 heavy (non-hydrogen) atoms. The minimum Gasteiger partial charge on any atom is -0.364 e. The van der Waals surface area contributed by atoms with Crippen LogP contribution in [-0.4, -0.2) is 20.3 Å². The molecule has 0 aromatic carbocycles. The van der Waals surface area contributed by atoms with Crippen LogP contribution in [0.1, 0.15) is 5.82 Å². The molecule has 2 heterocycles. The van der Waals surface area contributed by atoms with E-state index in [0.29, 0.717) is 11.5 Å². The van der Waals surface area contributed by atoms with Crippen LogP contribution in [-0.2, 0) is 0 Å². The zero-order valence-corrected chi connectivity index (χ0v) is 5.90. The fourth-order valence-corrected chi connectivity index (χ4v) is 0.785. The molecule has 1 N–H and O–H groups in total. The average molecular weight is 150 g/mol. The maximum atomic E-state index is 4.63. The number of aryl methyl sites for hydroxylation is 1. The fourth-order valence-electron chi connectivity index (χ4n) is 0.785. The van der Waals surface area contributed by atoms with Crippen molar-refractivity contribution in [1.29, 1.82) is 0 Å². The largest absolute Gasteiger partial charge is 0.364 e. The summed E-state index contributed by atoms with van der Waals surface area (Å²) in [5, 5.41) is 10.3. The number of nitrogens with zero attached hydrogens (tertiary/aromatic N) is 3. The van der Waals surface area contributed by atoms with E-state index in [9.17, 15) is 0 Å². The van der Waals surface area contributed by atoms with Crippen LogP contribution in [0, 0.1) is 6.92 Å². The lowest BCUT2D eigenvalue weighted by atomic mass is 10.4. The first-order chi connectivity index (χ1) is 5.36. The number of nitrogens with one attached hydrogen (secondary N) is 1. The van der Waals surface area contributed by atoms with E-state index in [1.165, 1.54) is 6.26 Å². The molecule has 0 spiro atoms. The highest BCUT2D eigenvalue weighted by Gasteiger charge is 2.04. The number of hydrogen-bond acceptors (Lipinski definition) is 4. The number of aromatic amines is 1. The third-order valence-corrected chi connectivity index (χ3v) is 1.26. The maximum absolute atomic E-state index is 4.63. The van der Waals surface area contributed by atoms with E-state index in [0.717, 1.165) is 5.82 Å². The van der Waals surface area contributed by atoms with Crippen LogP contribution in [0.4, 0.5) is 0 Å². The Morgan fingerprint density at radius 1 is 1.55 bits per heavy atom. The van der Waals surface area contributed by atoms with Gasteiger partial charge in [-0.3, -0.25) is 5.10 Å². The summed E-state index contributed by atoms with van der Waals surface area (Å²) in [4.78, 5) is 4.06. The van der Waals surface area contributed by atoms with Gasteiger partial charge in [-0.05, 0) is 6.92 Å². The molecule has 0 saturated heterocycles. The molecule has 0 fully saturated rings. The summed E-state index contributed by atoms with van der Waals surface area (Å²) in [6.45, 7) is 1.83. The van der Waals surface area contributed by atoms with Gasteiger partial charge < -0.3 is 4.52 Å². The van der Waals surface area contributed by atoms with Crippen LogP contribution in [0.2, 0.25) is 0 Å². The van der Waals surface area contributed by atoms with Crippen molar-refractivity contribution >= 4 is 0 Å². The van der Waals surface area contributed by atoms with Crippen molar-refractivity contribution in [2.75, 3.05) is 0 Å². The van der Waals surface area contributed by atoms with Gasteiger partial charge in [0.1, 0.15) is 12.1 Å². The van der Waals surface area contributed by atoms with Crippen LogP contribution in [0.3, 0.4) is 0 Å². The summed E-state index contributed by atoms with van der Waals surface area (Å²) in [5.74, 6) is 1.33. The van der Waals surface area contributed by atoms with Gasteiger partial charge in [-0.1, -0.05) is 5.16 Å². The molecule has 0 saturated carbocycles. The molecule has 0 radical (unpaired) electrons. The number of H-pyrrole nitrogens is 1. The van der Waals surface area contributed by atoms with E-state index in [2.05, 4.69) is 24.9 Å². The quantitative estimate of drug-likeness (QED) is 0.651. The monoisotopic (exact) mass is 150 g/mol. The lowest BCUT2D eigenvalue weighted by Gasteiger charge is -1.79. The van der Waals surface area contributed by atoms with Crippen molar-refractivity contribution in [3.63, 3.8) is 0 Å². The summed E-state index contributed by atoms with van der Waals surface area (Å²) in [6, 6.07) is 1.71. The minimum atomic E-state index is 0.566. The highest BCUT2D eigenvalue weighted by molar-refractivity contribution is 5.46. The molecule has 0 aliphatic heterocycles. The van der Waals surface area contributed by atoms with Crippen LogP contribution >= 0.6 is 0 Å².